The Labute approximate surface area is 188 Å². The first-order valence-electron chi connectivity index (χ1n) is 11.2. The monoisotopic (exact) mass is 465 g/mol. The quantitative estimate of drug-likeness (QED) is 0.322. The van der Waals surface area contributed by atoms with Crippen LogP contribution in [0, 0.1) is 20.2 Å². The Hall–Kier alpha value is -2.16. The lowest BCUT2D eigenvalue weighted by Gasteiger charge is -2.52. The first kappa shape index (κ1) is 24.5. The average Bonchev–Trinajstić information content (AvgIpc) is 2.77. The minimum atomic E-state index is -2.53. The smallest absolute Gasteiger partial charge is 0.267 e. The van der Waals surface area contributed by atoms with Crippen LogP contribution in [0.25, 0.3) is 0 Å². The summed E-state index contributed by atoms with van der Waals surface area (Å²) in [5.41, 5.74) is -1.06. The molecule has 2 fully saturated rings. The van der Waals surface area contributed by atoms with Crippen LogP contribution in [0.1, 0.15) is 69.7 Å². The van der Waals surface area contributed by atoms with Gasteiger partial charge in [0.25, 0.3) is 17.3 Å². The van der Waals surface area contributed by atoms with Crippen molar-refractivity contribution >= 4 is 24.6 Å². The molecule has 3 rings (SSSR count). The van der Waals surface area contributed by atoms with Gasteiger partial charge in [-0.3, -0.25) is 34.4 Å². The SMILES string of the molecule is CC(C)(C)P(=NC(=O)c1cc([N+](=O)[O-])cc([N+](=O)[O-])c1)(N1CCCCC1)N1CCCCC1. The Balaban J connectivity index is 2.20. The summed E-state index contributed by atoms with van der Waals surface area (Å²) in [6.07, 6.45) is 6.45. The molecule has 2 aliphatic heterocycles. The summed E-state index contributed by atoms with van der Waals surface area (Å²) in [7, 11) is -2.53. The molecule has 0 radical (unpaired) electrons. The molecule has 0 bridgehead atoms. The van der Waals surface area contributed by atoms with E-state index >= 15 is 0 Å². The predicted molar refractivity (Wildman–Crippen MR) is 124 cm³/mol. The Bertz CT molecular complexity index is 892. The van der Waals surface area contributed by atoms with Gasteiger partial charge in [-0.05, 0) is 25.7 Å². The van der Waals surface area contributed by atoms with E-state index in [1.54, 1.807) is 0 Å². The lowest BCUT2D eigenvalue weighted by Crippen LogP contribution is -2.44. The standard InChI is InChI=1S/C21H32N5O5P/c1-21(2,3)32(23-10-6-4-7-11-23,24-12-8-5-9-13-24)22-20(27)17-14-18(25(28)29)16-19(15-17)26(30)31/h14-16H,4-13H2,1-3H3. The average molecular weight is 465 g/mol. The van der Waals surface area contributed by atoms with Gasteiger partial charge >= 0.3 is 0 Å². The topological polar surface area (TPSA) is 122 Å². The summed E-state index contributed by atoms with van der Waals surface area (Å²) in [5, 5.41) is 22.3. The first-order chi connectivity index (χ1) is 15.1. The van der Waals surface area contributed by atoms with Crippen LogP contribution in [0.15, 0.2) is 22.9 Å². The minimum Gasteiger partial charge on any atom is -0.267 e. The summed E-state index contributed by atoms with van der Waals surface area (Å²) in [4.78, 5) is 34.7. The molecular formula is C21H32N5O5P. The van der Waals surface area contributed by atoms with Gasteiger partial charge in [0.05, 0.1) is 21.5 Å². The van der Waals surface area contributed by atoms with Gasteiger partial charge in [0.1, 0.15) is 7.36 Å². The van der Waals surface area contributed by atoms with Crippen molar-refractivity contribution in [3.63, 3.8) is 0 Å². The Morgan fingerprint density at radius 1 is 0.844 bits per heavy atom. The lowest BCUT2D eigenvalue weighted by molar-refractivity contribution is -0.394. The van der Waals surface area contributed by atoms with Gasteiger partial charge in [0.2, 0.25) is 0 Å². The second-order valence-electron chi connectivity index (χ2n) is 9.43. The highest BCUT2D eigenvalue weighted by atomic mass is 31.2. The van der Waals surface area contributed by atoms with E-state index in [1.165, 1.54) is 0 Å². The molecule has 0 spiro atoms. The zero-order valence-corrected chi connectivity index (χ0v) is 19.9. The number of hydrogen-bond acceptors (Lipinski definition) is 5. The summed E-state index contributed by atoms with van der Waals surface area (Å²) in [6, 6.07) is 3.07. The van der Waals surface area contributed by atoms with Crippen molar-refractivity contribution in [3.8, 4) is 0 Å². The molecule has 1 aromatic carbocycles. The molecule has 0 unspecified atom stereocenters. The van der Waals surface area contributed by atoms with E-state index in [9.17, 15) is 25.0 Å². The highest BCUT2D eigenvalue weighted by Crippen LogP contribution is 2.67. The third-order valence-corrected chi connectivity index (χ3v) is 10.8. The molecule has 1 amide bonds. The molecule has 0 saturated carbocycles. The van der Waals surface area contributed by atoms with Crippen LogP contribution in [0.4, 0.5) is 11.4 Å². The number of nitrogens with zero attached hydrogens (tertiary/aromatic N) is 5. The van der Waals surface area contributed by atoms with E-state index in [1.807, 2.05) is 0 Å². The molecule has 0 aliphatic carbocycles. The fraction of sp³-hybridized carbons (Fsp3) is 0.667. The number of carbonyl (C=O) groups excluding carboxylic acids is 1. The fourth-order valence-electron chi connectivity index (χ4n) is 4.73. The van der Waals surface area contributed by atoms with Crippen LogP contribution in [0.3, 0.4) is 0 Å². The second-order valence-corrected chi connectivity index (χ2v) is 13.2. The molecule has 10 nitrogen and oxygen atoms in total. The van der Waals surface area contributed by atoms with E-state index in [0.717, 1.165) is 82.9 Å². The highest BCUT2D eigenvalue weighted by Gasteiger charge is 2.45. The maximum Gasteiger partial charge on any atom is 0.278 e. The lowest BCUT2D eigenvalue weighted by atomic mass is 10.1. The molecule has 0 N–H and O–H groups in total. The van der Waals surface area contributed by atoms with Crippen molar-refractivity contribution in [2.24, 2.45) is 4.74 Å². The van der Waals surface area contributed by atoms with Gasteiger partial charge in [0.15, 0.2) is 0 Å². The summed E-state index contributed by atoms with van der Waals surface area (Å²) in [6.45, 7) is 9.74. The predicted octanol–water partition coefficient (Wildman–Crippen LogP) is 5.44. The number of non-ortho nitro benzene ring substituents is 2. The van der Waals surface area contributed by atoms with E-state index in [0.29, 0.717) is 0 Å². The summed E-state index contributed by atoms with van der Waals surface area (Å²) < 4.78 is 9.64. The van der Waals surface area contributed by atoms with Gasteiger partial charge in [0, 0.05) is 43.5 Å². The fourth-order valence-corrected chi connectivity index (χ4v) is 9.39. The molecule has 1 aromatic rings. The Morgan fingerprint density at radius 2 is 1.25 bits per heavy atom. The number of carbonyl (C=O) groups is 1. The number of amides is 1. The summed E-state index contributed by atoms with van der Waals surface area (Å²) in [5.74, 6) is -0.615. The van der Waals surface area contributed by atoms with Gasteiger partial charge in [-0.25, -0.2) is 0 Å². The molecule has 11 heteroatoms. The number of nitro groups is 2. The van der Waals surface area contributed by atoms with E-state index in [-0.39, 0.29) is 10.7 Å². The third-order valence-electron chi connectivity index (χ3n) is 6.16. The van der Waals surface area contributed by atoms with Crippen LogP contribution >= 0.6 is 7.36 Å². The van der Waals surface area contributed by atoms with Crippen LogP contribution in [0.2, 0.25) is 0 Å². The van der Waals surface area contributed by atoms with Gasteiger partial charge < -0.3 is 0 Å². The molecule has 176 valence electrons. The zero-order valence-electron chi connectivity index (χ0n) is 19.0. The largest absolute Gasteiger partial charge is 0.278 e. The van der Waals surface area contributed by atoms with Crippen molar-refractivity contribution in [1.82, 2.24) is 9.34 Å². The number of rotatable bonds is 5. The number of nitro benzene ring substituents is 2. The number of piperidine rings is 2. The Morgan fingerprint density at radius 3 is 1.59 bits per heavy atom. The normalized spacial score (nSPS) is 18.8. The first-order valence-corrected chi connectivity index (χ1v) is 12.8. The van der Waals surface area contributed by atoms with Crippen LogP contribution in [-0.2, 0) is 0 Å². The van der Waals surface area contributed by atoms with Crippen molar-refractivity contribution < 1.29 is 14.6 Å². The zero-order chi connectivity index (χ0) is 23.5. The van der Waals surface area contributed by atoms with Crippen LogP contribution in [0.5, 0.6) is 0 Å². The third kappa shape index (κ3) is 4.92. The van der Waals surface area contributed by atoms with E-state index in [4.69, 9.17) is 4.74 Å². The molecular weight excluding hydrogens is 433 g/mol. The maximum absolute atomic E-state index is 13.5. The second kappa shape index (κ2) is 9.77. The van der Waals surface area contributed by atoms with E-state index in [2.05, 4.69) is 30.1 Å². The van der Waals surface area contributed by atoms with Crippen molar-refractivity contribution in [3.05, 3.63) is 44.0 Å². The van der Waals surface area contributed by atoms with Gasteiger partial charge in [-0.1, -0.05) is 33.6 Å². The molecule has 2 saturated heterocycles. The summed E-state index contributed by atoms with van der Waals surface area (Å²) >= 11 is 0. The van der Waals surface area contributed by atoms with Crippen LogP contribution < -0.4 is 0 Å². The van der Waals surface area contributed by atoms with Crippen molar-refractivity contribution in [1.29, 1.82) is 0 Å². The molecule has 0 aromatic heterocycles. The Kier molecular flexibility index (Phi) is 7.47. The van der Waals surface area contributed by atoms with Crippen LogP contribution in [-0.4, -0.2) is 56.4 Å². The van der Waals surface area contributed by atoms with E-state index < -0.39 is 34.5 Å². The van der Waals surface area contributed by atoms with Gasteiger partial charge in [-0.15, -0.1) is 0 Å². The highest BCUT2D eigenvalue weighted by molar-refractivity contribution is 7.63. The molecule has 0 atom stereocenters. The molecule has 32 heavy (non-hydrogen) atoms. The van der Waals surface area contributed by atoms with Gasteiger partial charge in [-0.2, -0.15) is 4.74 Å². The number of benzene rings is 1. The number of hydrogen-bond donors (Lipinski definition) is 0. The molecule has 2 aliphatic rings. The molecule has 2 heterocycles. The maximum atomic E-state index is 13.5. The van der Waals surface area contributed by atoms with Crippen molar-refractivity contribution in [2.45, 2.75) is 64.5 Å². The minimum absolute atomic E-state index is 0.103. The van der Waals surface area contributed by atoms with Crippen molar-refractivity contribution in [2.75, 3.05) is 26.2 Å².